The molecule has 2 fully saturated rings. The number of nitrogens with zero attached hydrogens (tertiary/aromatic N) is 1. The van der Waals surface area contributed by atoms with Crippen molar-refractivity contribution in [3.05, 3.63) is 71.8 Å². The molecule has 2 aromatic carbocycles. The Hall–Kier alpha value is -6.08. The van der Waals surface area contributed by atoms with Crippen LogP contribution in [0.1, 0.15) is 49.7 Å². The summed E-state index contributed by atoms with van der Waals surface area (Å²) < 4.78 is 0. The summed E-state index contributed by atoms with van der Waals surface area (Å²) in [7, 11) is 0. The number of nitrogens with one attached hydrogen (secondary N) is 8. The van der Waals surface area contributed by atoms with Gasteiger partial charge in [0.05, 0.1) is 19.2 Å². The van der Waals surface area contributed by atoms with Gasteiger partial charge in [-0.1, -0.05) is 60.7 Å². The molecular formula is C39H54N10O9. The van der Waals surface area contributed by atoms with Crippen molar-refractivity contribution >= 4 is 47.4 Å². The number of hydrogen-bond acceptors (Lipinski definition) is 10. The number of aliphatic hydroxyl groups excluding tert-OH is 1. The molecule has 2 aliphatic heterocycles. The van der Waals surface area contributed by atoms with Crippen molar-refractivity contribution in [2.75, 3.05) is 32.8 Å². The standard InChI is InChI=1S/C39H54N10O9/c40-39(41)43-18-8-15-27(38(57)58)46-35(54)29(21-25-12-5-2-6-13-25)47-36(55)31-16-9-19-49(31)37(56)30(23-50)48-34(53)28(20-24-10-3-1-4-11-24)45-32(51)22-44-33(52)26-14-7-17-42-26/h1-6,10-13,26-31,42,50H,7-9,14-23H2,(H,44,52)(H,45,51)(H,46,54)(H,47,55)(H,48,53)(H,57,58)(H4,40,41,43)/t26-,27-,28-,29-,30-,31-/m0/s1. The highest BCUT2D eigenvalue weighted by Gasteiger charge is 2.40. The Kier molecular flexibility index (Phi) is 17.4. The van der Waals surface area contributed by atoms with Gasteiger partial charge in [0, 0.05) is 25.9 Å². The molecule has 0 aromatic heterocycles. The number of carboxylic acids is 1. The molecule has 0 saturated carbocycles. The summed E-state index contributed by atoms with van der Waals surface area (Å²) in [5.74, 6) is -5.53. The van der Waals surface area contributed by atoms with E-state index in [1.807, 2.05) is 0 Å². The largest absolute Gasteiger partial charge is 0.480 e. The third kappa shape index (κ3) is 13.8. The molecule has 0 radical (unpaired) electrons. The van der Waals surface area contributed by atoms with Crippen molar-refractivity contribution in [2.24, 2.45) is 5.73 Å². The predicted octanol–water partition coefficient (Wildman–Crippen LogP) is -2.39. The van der Waals surface area contributed by atoms with Gasteiger partial charge in [-0.05, 0) is 56.2 Å². The van der Waals surface area contributed by atoms with Crippen LogP contribution >= 0.6 is 0 Å². The number of amides is 6. The number of rotatable bonds is 21. The van der Waals surface area contributed by atoms with Crippen LogP contribution in [0, 0.1) is 5.41 Å². The van der Waals surface area contributed by atoms with E-state index in [1.54, 1.807) is 60.7 Å². The fourth-order valence-electron chi connectivity index (χ4n) is 6.85. The molecule has 6 atom stereocenters. The fraction of sp³-hybridized carbons (Fsp3) is 0.487. The Morgan fingerprint density at radius 2 is 1.38 bits per heavy atom. The van der Waals surface area contributed by atoms with Crippen molar-refractivity contribution in [2.45, 2.75) is 87.6 Å². The van der Waals surface area contributed by atoms with Crippen molar-refractivity contribution in [3.63, 3.8) is 0 Å². The summed E-state index contributed by atoms with van der Waals surface area (Å²) >= 11 is 0. The van der Waals surface area contributed by atoms with Gasteiger partial charge in [0.1, 0.15) is 30.2 Å². The molecule has 2 aromatic rings. The molecule has 2 aliphatic rings. The van der Waals surface area contributed by atoms with Gasteiger partial charge < -0.3 is 58.1 Å². The van der Waals surface area contributed by atoms with Crippen LogP contribution < -0.4 is 43.0 Å². The highest BCUT2D eigenvalue weighted by molar-refractivity contribution is 5.97. The van der Waals surface area contributed by atoms with Crippen LogP contribution in [0.25, 0.3) is 0 Å². The second-order valence-electron chi connectivity index (χ2n) is 14.2. The number of nitrogens with two attached hydrogens (primary N) is 1. The smallest absolute Gasteiger partial charge is 0.326 e. The lowest BCUT2D eigenvalue weighted by molar-refractivity contribution is -0.144. The second-order valence-corrected chi connectivity index (χ2v) is 14.2. The first-order valence-electron chi connectivity index (χ1n) is 19.4. The van der Waals surface area contributed by atoms with Crippen molar-refractivity contribution < 1.29 is 43.8 Å². The quantitative estimate of drug-likeness (QED) is 0.0358. The van der Waals surface area contributed by atoms with Crippen LogP contribution in [0.5, 0.6) is 0 Å². The Bertz CT molecular complexity index is 1740. The summed E-state index contributed by atoms with van der Waals surface area (Å²) in [6.45, 7) is -0.207. The Labute approximate surface area is 336 Å². The highest BCUT2D eigenvalue weighted by Crippen LogP contribution is 2.20. The van der Waals surface area contributed by atoms with Crippen LogP contribution in [-0.4, -0.2) is 132 Å². The maximum absolute atomic E-state index is 13.9. The molecule has 0 bridgehead atoms. The van der Waals surface area contributed by atoms with E-state index < -0.39 is 78.4 Å². The van der Waals surface area contributed by atoms with Crippen molar-refractivity contribution in [3.8, 4) is 0 Å². The van der Waals surface area contributed by atoms with Crippen LogP contribution in [0.2, 0.25) is 0 Å². The maximum atomic E-state index is 13.9. The molecule has 2 heterocycles. The average Bonchev–Trinajstić information content (AvgIpc) is 3.94. The van der Waals surface area contributed by atoms with Gasteiger partial charge in [0.2, 0.25) is 35.4 Å². The zero-order valence-corrected chi connectivity index (χ0v) is 32.2. The minimum absolute atomic E-state index is 0.00229. The molecular weight excluding hydrogens is 752 g/mol. The van der Waals surface area contributed by atoms with Crippen molar-refractivity contribution in [1.82, 2.24) is 42.1 Å². The van der Waals surface area contributed by atoms with E-state index in [0.29, 0.717) is 30.5 Å². The molecule has 12 N–H and O–H groups in total. The predicted molar refractivity (Wildman–Crippen MR) is 211 cm³/mol. The van der Waals surface area contributed by atoms with E-state index in [9.17, 15) is 43.8 Å². The second kappa shape index (κ2) is 22.6. The number of aliphatic hydroxyl groups is 1. The molecule has 0 unspecified atom stereocenters. The molecule has 0 spiro atoms. The topological polar surface area (TPSA) is 297 Å². The Balaban J connectivity index is 1.43. The number of aliphatic carboxylic acids is 1. The van der Waals surface area contributed by atoms with Gasteiger partial charge in [0.15, 0.2) is 5.96 Å². The summed E-state index contributed by atoms with van der Waals surface area (Å²) in [6, 6.07) is 10.8. The molecule has 314 valence electrons. The first-order valence-corrected chi connectivity index (χ1v) is 19.4. The summed E-state index contributed by atoms with van der Waals surface area (Å²) in [6.07, 6.45) is 2.39. The molecule has 4 rings (SSSR count). The van der Waals surface area contributed by atoms with E-state index in [-0.39, 0.29) is 63.6 Å². The first-order chi connectivity index (χ1) is 27.9. The third-order valence-corrected chi connectivity index (χ3v) is 9.89. The number of benzene rings is 2. The van der Waals surface area contributed by atoms with E-state index >= 15 is 0 Å². The van der Waals surface area contributed by atoms with Crippen LogP contribution in [0.3, 0.4) is 0 Å². The number of guanidine groups is 1. The van der Waals surface area contributed by atoms with Gasteiger partial charge in [-0.25, -0.2) is 4.79 Å². The molecule has 2 saturated heterocycles. The fourth-order valence-corrected chi connectivity index (χ4v) is 6.85. The van der Waals surface area contributed by atoms with Gasteiger partial charge in [-0.3, -0.25) is 34.2 Å². The number of likely N-dealkylation sites (tertiary alicyclic amines) is 1. The van der Waals surface area contributed by atoms with E-state index in [4.69, 9.17) is 11.1 Å². The Morgan fingerprint density at radius 1 is 0.776 bits per heavy atom. The van der Waals surface area contributed by atoms with E-state index in [1.165, 1.54) is 4.90 Å². The molecule has 19 nitrogen and oxygen atoms in total. The SMILES string of the molecule is N=C(N)NCCC[C@H](NC(=O)[C@H](Cc1ccccc1)NC(=O)[C@@H]1CCCN1C(=O)[C@H](CO)NC(=O)[C@H](Cc1ccccc1)NC(=O)CNC(=O)[C@@H]1CCCN1)C(=O)O. The highest BCUT2D eigenvalue weighted by atomic mass is 16.4. The van der Waals surface area contributed by atoms with Crippen molar-refractivity contribution in [1.29, 1.82) is 5.41 Å². The van der Waals surface area contributed by atoms with Crippen LogP contribution in [-0.2, 0) is 46.4 Å². The lowest BCUT2D eigenvalue weighted by atomic mass is 10.0. The molecule has 6 amide bonds. The van der Waals surface area contributed by atoms with Gasteiger partial charge in [0.25, 0.3) is 0 Å². The maximum Gasteiger partial charge on any atom is 0.326 e. The molecule has 0 aliphatic carbocycles. The molecule has 58 heavy (non-hydrogen) atoms. The number of carbonyl (C=O) groups is 7. The zero-order valence-electron chi connectivity index (χ0n) is 32.2. The minimum Gasteiger partial charge on any atom is -0.480 e. The van der Waals surface area contributed by atoms with E-state index in [2.05, 4.69) is 37.2 Å². The van der Waals surface area contributed by atoms with Crippen LogP contribution in [0.4, 0.5) is 0 Å². The number of hydrogen-bond donors (Lipinski definition) is 11. The molecule has 19 heteroatoms. The van der Waals surface area contributed by atoms with Crippen LogP contribution in [0.15, 0.2) is 60.7 Å². The van der Waals surface area contributed by atoms with Gasteiger partial charge in [-0.2, -0.15) is 0 Å². The van der Waals surface area contributed by atoms with Gasteiger partial charge in [-0.15, -0.1) is 0 Å². The van der Waals surface area contributed by atoms with Gasteiger partial charge >= 0.3 is 5.97 Å². The monoisotopic (exact) mass is 806 g/mol. The minimum atomic E-state index is -1.50. The number of carboxylic acid groups (broad SMARTS) is 1. The summed E-state index contributed by atoms with van der Waals surface area (Å²) in [4.78, 5) is 93.6. The summed E-state index contributed by atoms with van der Waals surface area (Å²) in [5, 5.41) is 45.9. The lowest BCUT2D eigenvalue weighted by Crippen LogP contribution is -2.60. The third-order valence-electron chi connectivity index (χ3n) is 9.89. The summed E-state index contributed by atoms with van der Waals surface area (Å²) in [5.41, 5.74) is 6.65. The average molecular weight is 807 g/mol. The Morgan fingerprint density at radius 3 is 1.93 bits per heavy atom. The van der Waals surface area contributed by atoms with E-state index in [0.717, 1.165) is 6.42 Å². The first kappa shape index (κ1) is 44.6. The number of carbonyl (C=O) groups excluding carboxylic acids is 6. The normalized spacial score (nSPS) is 18.1. The zero-order chi connectivity index (χ0) is 42.0. The lowest BCUT2D eigenvalue weighted by Gasteiger charge is -2.30.